The van der Waals surface area contributed by atoms with Crippen LogP contribution >= 0.6 is 0 Å². The van der Waals surface area contributed by atoms with E-state index < -0.39 is 13.3 Å². The summed E-state index contributed by atoms with van der Waals surface area (Å²) in [6, 6.07) is 65.3. The Morgan fingerprint density at radius 2 is 1.31 bits per heavy atom. The van der Waals surface area contributed by atoms with Crippen LogP contribution < -0.4 is 4.40 Å². The second-order valence-corrected chi connectivity index (χ2v) is 27.3. The van der Waals surface area contributed by atoms with E-state index in [9.17, 15) is 0 Å². The second-order valence-electron chi connectivity index (χ2n) is 16.7. The first-order chi connectivity index (χ1) is 29.2. The summed E-state index contributed by atoms with van der Waals surface area (Å²) < 4.78 is 10.3. The van der Waals surface area contributed by atoms with Gasteiger partial charge in [0.25, 0.3) is 0 Å². The number of hydrogen-bond acceptors (Lipinski definition) is 3. The first kappa shape index (κ1) is 41.9. The molecule has 0 bridgehead atoms. The van der Waals surface area contributed by atoms with Gasteiger partial charge in [-0.25, -0.2) is 0 Å². The quantitative estimate of drug-likeness (QED) is 0.113. The molecule has 10 aromatic rings. The van der Waals surface area contributed by atoms with Gasteiger partial charge in [0.05, 0.1) is 28.1 Å². The van der Waals surface area contributed by atoms with Gasteiger partial charge in [-0.2, -0.15) is 0 Å². The molecule has 0 fully saturated rings. The molecule has 0 saturated carbocycles. The van der Waals surface area contributed by atoms with E-state index in [-0.39, 0.29) is 20.1 Å². The van der Waals surface area contributed by atoms with E-state index in [1.807, 2.05) is 48.5 Å². The minimum Gasteiger partial charge on any atom is -0.501 e. The molecular formula is C55H47GeIrN3O-2. The predicted octanol–water partition coefficient (Wildman–Crippen LogP) is 14.0. The molecule has 0 amide bonds. The maximum atomic E-state index is 6.47. The summed E-state index contributed by atoms with van der Waals surface area (Å²) in [5.74, 6) is 8.79. The first-order valence-corrected chi connectivity index (χ1v) is 28.1. The van der Waals surface area contributed by atoms with E-state index in [1.54, 1.807) is 4.40 Å². The SMILES string of the molecule is CC(C)Cc1cc(-c2[c-]cccc2)nc[c]1[Ge]([CH3])([CH3])[CH3].[Ir].[c-]1ccc2c(oc3ccccc32)c1-c1nc2ccccc2n1-c1c(-c2ccccc2)cccc1-c1ccccc1. The van der Waals surface area contributed by atoms with E-state index in [0.29, 0.717) is 5.92 Å². The van der Waals surface area contributed by atoms with Crippen molar-refractivity contribution in [1.29, 1.82) is 0 Å². The molecule has 0 aliphatic heterocycles. The van der Waals surface area contributed by atoms with Gasteiger partial charge in [-0.3, -0.25) is 4.98 Å². The molecule has 1 radical (unpaired) electrons. The molecule has 6 heteroatoms. The molecule has 0 unspecified atom stereocenters. The van der Waals surface area contributed by atoms with E-state index in [0.717, 1.165) is 90.0 Å². The Bertz CT molecular complexity index is 3020. The van der Waals surface area contributed by atoms with Gasteiger partial charge in [-0.05, 0) is 29.3 Å². The zero-order chi connectivity index (χ0) is 41.2. The van der Waals surface area contributed by atoms with Gasteiger partial charge < -0.3 is 8.98 Å². The summed E-state index contributed by atoms with van der Waals surface area (Å²) in [5, 5.41) is 2.15. The fourth-order valence-corrected chi connectivity index (χ4v) is 11.6. The Morgan fingerprint density at radius 1 is 0.656 bits per heavy atom. The molecule has 10 rings (SSSR count). The van der Waals surface area contributed by atoms with E-state index in [4.69, 9.17) is 14.4 Å². The Morgan fingerprint density at radius 3 is 1.98 bits per heavy atom. The zero-order valence-corrected chi connectivity index (χ0v) is 39.6. The summed E-state index contributed by atoms with van der Waals surface area (Å²) in [4.78, 5) is 9.92. The third-order valence-electron chi connectivity index (χ3n) is 11.0. The van der Waals surface area contributed by atoms with Gasteiger partial charge in [-0.1, -0.05) is 120 Å². The van der Waals surface area contributed by atoms with Crippen molar-refractivity contribution in [1.82, 2.24) is 14.5 Å². The maximum Gasteiger partial charge on any atom is 0.120 e. The van der Waals surface area contributed by atoms with Crippen LogP contribution in [0.25, 0.3) is 83.6 Å². The van der Waals surface area contributed by atoms with E-state index >= 15 is 0 Å². The topological polar surface area (TPSA) is 43.9 Å². The summed E-state index contributed by atoms with van der Waals surface area (Å²) >= 11 is -1.86. The summed E-state index contributed by atoms with van der Waals surface area (Å²) in [6.07, 6.45) is 3.27. The van der Waals surface area contributed by atoms with Crippen molar-refractivity contribution in [2.45, 2.75) is 37.5 Å². The van der Waals surface area contributed by atoms with Gasteiger partial charge in [0, 0.05) is 36.6 Å². The smallest absolute Gasteiger partial charge is 0.120 e. The molecule has 0 atom stereocenters. The van der Waals surface area contributed by atoms with Crippen molar-refractivity contribution in [3.05, 3.63) is 194 Å². The van der Waals surface area contributed by atoms with Gasteiger partial charge in [0.15, 0.2) is 0 Å². The molecule has 0 saturated heterocycles. The van der Waals surface area contributed by atoms with Crippen LogP contribution in [0.4, 0.5) is 0 Å². The fraction of sp³-hybridized carbons (Fsp3) is 0.127. The Kier molecular flexibility index (Phi) is 12.4. The number of pyridine rings is 1. The molecule has 3 heterocycles. The second kappa shape index (κ2) is 18.0. The number of para-hydroxylation sites is 4. The van der Waals surface area contributed by atoms with Crippen molar-refractivity contribution in [3.8, 4) is 50.6 Å². The molecular weight excluding hydrogens is 983 g/mol. The van der Waals surface area contributed by atoms with Crippen LogP contribution in [0.5, 0.6) is 0 Å². The monoisotopic (exact) mass is 1030 g/mol. The molecule has 0 spiro atoms. The molecule has 4 nitrogen and oxygen atoms in total. The number of nitrogens with zero attached hydrogens (tertiary/aromatic N) is 3. The van der Waals surface area contributed by atoms with Crippen LogP contribution in [0.2, 0.25) is 17.3 Å². The van der Waals surface area contributed by atoms with Crippen molar-refractivity contribution in [2.75, 3.05) is 0 Å². The predicted molar refractivity (Wildman–Crippen MR) is 254 cm³/mol. The Balaban J connectivity index is 0.000000208. The third-order valence-corrected chi connectivity index (χ3v) is 15.3. The first-order valence-electron chi connectivity index (χ1n) is 20.7. The molecule has 61 heavy (non-hydrogen) atoms. The average molecular weight is 1030 g/mol. The fourth-order valence-electron chi connectivity index (χ4n) is 8.24. The van der Waals surface area contributed by atoms with Crippen LogP contribution in [0.15, 0.2) is 180 Å². The number of rotatable bonds is 8. The molecule has 303 valence electrons. The number of imidazole rings is 1. The van der Waals surface area contributed by atoms with Crippen molar-refractivity contribution in [3.63, 3.8) is 0 Å². The number of fused-ring (bicyclic) bond motifs is 4. The molecule has 0 aliphatic rings. The largest absolute Gasteiger partial charge is 0.501 e. The minimum absolute atomic E-state index is 0. The van der Waals surface area contributed by atoms with Crippen LogP contribution in [-0.4, -0.2) is 27.8 Å². The van der Waals surface area contributed by atoms with Gasteiger partial charge in [0.2, 0.25) is 0 Å². The third kappa shape index (κ3) is 8.56. The average Bonchev–Trinajstić information content (AvgIpc) is 3.86. The van der Waals surface area contributed by atoms with Crippen LogP contribution in [0.3, 0.4) is 0 Å². The Hall–Kier alpha value is -5.85. The standard InChI is InChI=1S/C37H23N2O.C18H24GeN.Ir/c1-3-13-25(14-4-1)27-18-11-19-28(26-15-5-2-6-16-26)35(27)39-33-23-9-8-22-32(33)38-37(39)31-21-12-20-30-29-17-7-10-24-34(29)40-36(30)31;1-14(2)11-16-12-18(15-9-7-6-8-10-15)20-13-17(16)19(3,4)5;/h1-20,22-24H;6-9,12-14H,11H2,1-5H3;/q2*-1;. The van der Waals surface area contributed by atoms with Crippen LogP contribution in [0.1, 0.15) is 19.4 Å². The van der Waals surface area contributed by atoms with E-state index in [1.165, 1.54) is 5.56 Å². The molecule has 7 aromatic carbocycles. The van der Waals surface area contributed by atoms with Crippen molar-refractivity contribution >= 4 is 50.6 Å². The van der Waals surface area contributed by atoms with Crippen molar-refractivity contribution < 1.29 is 24.5 Å². The van der Waals surface area contributed by atoms with E-state index in [2.05, 4.69) is 175 Å². The molecule has 3 aromatic heterocycles. The molecule has 0 N–H and O–H groups in total. The van der Waals surface area contributed by atoms with Gasteiger partial charge in [-0.15, -0.1) is 18.2 Å². The minimum atomic E-state index is -1.86. The summed E-state index contributed by atoms with van der Waals surface area (Å²) in [7, 11) is 0. The number of aromatic nitrogens is 3. The van der Waals surface area contributed by atoms with Crippen LogP contribution in [0, 0.1) is 18.1 Å². The maximum absolute atomic E-state index is 6.47. The summed E-state index contributed by atoms with van der Waals surface area (Å²) in [5.41, 5.74) is 13.7. The number of benzene rings is 7. The normalized spacial score (nSPS) is 11.4. The van der Waals surface area contributed by atoms with Gasteiger partial charge >= 0.3 is 126 Å². The number of furan rings is 1. The van der Waals surface area contributed by atoms with Crippen LogP contribution in [-0.2, 0) is 26.5 Å². The zero-order valence-electron chi connectivity index (χ0n) is 35.1. The van der Waals surface area contributed by atoms with Gasteiger partial charge in [0.1, 0.15) is 5.58 Å². The molecule has 0 aliphatic carbocycles. The summed E-state index contributed by atoms with van der Waals surface area (Å²) in [6.45, 7) is 4.57. The van der Waals surface area contributed by atoms with Crippen molar-refractivity contribution in [2.24, 2.45) is 5.92 Å². The Labute approximate surface area is 375 Å². The number of hydrogen-bond donors (Lipinski definition) is 0.